The molecule has 1 atom stereocenters. The van der Waals surface area contributed by atoms with Gasteiger partial charge in [0.05, 0.1) is 25.8 Å². The van der Waals surface area contributed by atoms with Crippen LogP contribution in [0.3, 0.4) is 0 Å². The Morgan fingerprint density at radius 1 is 0.909 bits per heavy atom. The van der Waals surface area contributed by atoms with Crippen LogP contribution in [-0.2, 0) is 17.8 Å². The maximum atomic E-state index is 5.50. The summed E-state index contributed by atoms with van der Waals surface area (Å²) in [5, 5.41) is 7.08. The number of aliphatic imine (C=N–C) groups is 1. The highest BCUT2D eigenvalue weighted by Gasteiger charge is 2.23. The minimum Gasteiger partial charge on any atom is -0.379 e. The van der Waals surface area contributed by atoms with Gasteiger partial charge in [-0.2, -0.15) is 0 Å². The summed E-state index contributed by atoms with van der Waals surface area (Å²) < 4.78 is 5.50. The summed E-state index contributed by atoms with van der Waals surface area (Å²) in [6, 6.07) is 19.9. The van der Waals surface area contributed by atoms with E-state index in [0.29, 0.717) is 12.6 Å². The van der Waals surface area contributed by atoms with Crippen LogP contribution < -0.4 is 10.6 Å². The summed E-state index contributed by atoms with van der Waals surface area (Å²) in [5.41, 5.74) is 4.03. The van der Waals surface area contributed by atoms with Crippen molar-refractivity contribution in [3.8, 4) is 0 Å². The lowest BCUT2D eigenvalue weighted by molar-refractivity contribution is 0.0341. The van der Waals surface area contributed by atoms with Gasteiger partial charge in [-0.3, -0.25) is 9.80 Å². The number of hydrogen-bond acceptors (Lipinski definition) is 4. The van der Waals surface area contributed by atoms with Gasteiger partial charge < -0.3 is 15.4 Å². The Hall–Kier alpha value is -2.41. The van der Waals surface area contributed by atoms with E-state index in [1.807, 2.05) is 0 Å². The van der Waals surface area contributed by atoms with E-state index in [4.69, 9.17) is 9.73 Å². The molecule has 2 fully saturated rings. The van der Waals surface area contributed by atoms with Gasteiger partial charge in [-0.05, 0) is 49.5 Å². The normalized spacial score (nSPS) is 18.9. The molecule has 33 heavy (non-hydrogen) atoms. The van der Waals surface area contributed by atoms with Crippen LogP contribution in [0.25, 0.3) is 0 Å². The number of benzene rings is 2. The van der Waals surface area contributed by atoms with Gasteiger partial charge in [0, 0.05) is 32.7 Å². The van der Waals surface area contributed by atoms with Crippen molar-refractivity contribution in [2.24, 2.45) is 4.99 Å². The summed E-state index contributed by atoms with van der Waals surface area (Å²) in [6.45, 7) is 11.5. The monoisotopic (exact) mass is 449 g/mol. The largest absolute Gasteiger partial charge is 0.379 e. The summed E-state index contributed by atoms with van der Waals surface area (Å²) in [7, 11) is 0. The molecule has 2 aliphatic heterocycles. The van der Waals surface area contributed by atoms with E-state index >= 15 is 0 Å². The van der Waals surface area contributed by atoms with Crippen LogP contribution in [0, 0.1) is 0 Å². The highest BCUT2D eigenvalue weighted by Crippen LogP contribution is 2.24. The maximum Gasteiger partial charge on any atom is 0.191 e. The second kappa shape index (κ2) is 12.7. The number of ether oxygens (including phenoxy) is 1. The number of nitrogens with one attached hydrogen (secondary N) is 2. The highest BCUT2D eigenvalue weighted by atomic mass is 16.5. The fourth-order valence-corrected chi connectivity index (χ4v) is 4.75. The predicted octanol–water partition coefficient (Wildman–Crippen LogP) is 3.41. The molecular weight excluding hydrogens is 410 g/mol. The van der Waals surface area contributed by atoms with E-state index in [9.17, 15) is 0 Å². The third kappa shape index (κ3) is 7.03. The van der Waals surface area contributed by atoms with Crippen molar-refractivity contribution in [2.45, 2.75) is 38.9 Å². The first kappa shape index (κ1) is 23.7. The molecule has 0 spiro atoms. The van der Waals surface area contributed by atoms with Crippen LogP contribution in [0.2, 0.25) is 0 Å². The average molecular weight is 450 g/mol. The molecule has 0 amide bonds. The molecule has 4 rings (SSSR count). The zero-order chi connectivity index (χ0) is 22.7. The van der Waals surface area contributed by atoms with Gasteiger partial charge in [0.25, 0.3) is 0 Å². The van der Waals surface area contributed by atoms with Gasteiger partial charge in [-0.15, -0.1) is 0 Å². The van der Waals surface area contributed by atoms with Crippen LogP contribution in [-0.4, -0.2) is 68.2 Å². The Kier molecular flexibility index (Phi) is 9.16. The molecule has 2 aliphatic rings. The van der Waals surface area contributed by atoms with E-state index in [1.54, 1.807) is 0 Å². The first-order valence-corrected chi connectivity index (χ1v) is 12.5. The quantitative estimate of drug-likeness (QED) is 0.454. The lowest BCUT2D eigenvalue weighted by Crippen LogP contribution is -2.42. The molecule has 2 N–H and O–H groups in total. The van der Waals surface area contributed by atoms with Crippen LogP contribution in [0.15, 0.2) is 59.6 Å². The molecule has 6 nitrogen and oxygen atoms in total. The topological polar surface area (TPSA) is 52.1 Å². The molecule has 0 radical (unpaired) electrons. The Morgan fingerprint density at radius 3 is 2.33 bits per heavy atom. The number of morpholine rings is 1. The SMILES string of the molecule is CCNC(=NCc1ccccc1CN1CCOCC1)NCC(c1ccccc1)N1CCCC1. The van der Waals surface area contributed by atoms with Gasteiger partial charge >= 0.3 is 0 Å². The van der Waals surface area contributed by atoms with Crippen LogP contribution in [0.1, 0.15) is 42.5 Å². The second-order valence-electron chi connectivity index (χ2n) is 8.90. The molecule has 2 aromatic rings. The molecule has 0 bridgehead atoms. The molecule has 0 aliphatic carbocycles. The second-order valence-corrected chi connectivity index (χ2v) is 8.90. The average Bonchev–Trinajstić information content (AvgIpc) is 3.39. The smallest absolute Gasteiger partial charge is 0.191 e. The van der Waals surface area contributed by atoms with Crippen LogP contribution in [0.4, 0.5) is 0 Å². The molecule has 2 heterocycles. The Bertz CT molecular complexity index is 860. The van der Waals surface area contributed by atoms with Crippen molar-refractivity contribution >= 4 is 5.96 Å². The third-order valence-corrected chi connectivity index (χ3v) is 6.60. The Morgan fingerprint density at radius 2 is 1.61 bits per heavy atom. The number of nitrogens with zero attached hydrogens (tertiary/aromatic N) is 3. The molecule has 0 saturated carbocycles. The Labute approximate surface area is 199 Å². The summed E-state index contributed by atoms with van der Waals surface area (Å²) in [4.78, 5) is 10.0. The molecule has 1 unspecified atom stereocenters. The molecular formula is C27H39N5O. The molecule has 0 aromatic heterocycles. The van der Waals surface area contributed by atoms with Crippen molar-refractivity contribution in [1.82, 2.24) is 20.4 Å². The number of guanidine groups is 1. The van der Waals surface area contributed by atoms with E-state index in [0.717, 1.165) is 51.9 Å². The van der Waals surface area contributed by atoms with Gasteiger partial charge in [0.15, 0.2) is 5.96 Å². The third-order valence-electron chi connectivity index (χ3n) is 6.60. The number of likely N-dealkylation sites (tertiary alicyclic amines) is 1. The van der Waals surface area contributed by atoms with E-state index in [1.165, 1.54) is 42.6 Å². The van der Waals surface area contributed by atoms with E-state index < -0.39 is 0 Å². The first-order chi connectivity index (χ1) is 16.3. The molecule has 2 saturated heterocycles. The van der Waals surface area contributed by atoms with E-state index in [-0.39, 0.29) is 0 Å². The molecule has 2 aromatic carbocycles. The first-order valence-electron chi connectivity index (χ1n) is 12.5. The van der Waals surface area contributed by atoms with Crippen molar-refractivity contribution in [2.75, 3.05) is 52.5 Å². The van der Waals surface area contributed by atoms with E-state index in [2.05, 4.69) is 82.0 Å². The zero-order valence-electron chi connectivity index (χ0n) is 20.0. The lowest BCUT2D eigenvalue weighted by atomic mass is 10.1. The Balaban J connectivity index is 1.42. The number of hydrogen-bond donors (Lipinski definition) is 2. The fourth-order valence-electron chi connectivity index (χ4n) is 4.75. The number of rotatable bonds is 9. The van der Waals surface area contributed by atoms with Crippen LogP contribution >= 0.6 is 0 Å². The molecule has 178 valence electrons. The van der Waals surface area contributed by atoms with Gasteiger partial charge in [0.2, 0.25) is 0 Å². The maximum absolute atomic E-state index is 5.50. The van der Waals surface area contributed by atoms with Crippen molar-refractivity contribution in [3.63, 3.8) is 0 Å². The fraction of sp³-hybridized carbons (Fsp3) is 0.519. The van der Waals surface area contributed by atoms with Gasteiger partial charge in [-0.1, -0.05) is 54.6 Å². The van der Waals surface area contributed by atoms with Gasteiger partial charge in [-0.25, -0.2) is 4.99 Å². The van der Waals surface area contributed by atoms with Crippen LogP contribution in [0.5, 0.6) is 0 Å². The van der Waals surface area contributed by atoms with Crippen molar-refractivity contribution in [3.05, 3.63) is 71.3 Å². The van der Waals surface area contributed by atoms with Gasteiger partial charge in [0.1, 0.15) is 0 Å². The summed E-state index contributed by atoms with van der Waals surface area (Å²) in [6.07, 6.45) is 2.58. The van der Waals surface area contributed by atoms with Crippen molar-refractivity contribution < 1.29 is 4.74 Å². The predicted molar refractivity (Wildman–Crippen MR) is 135 cm³/mol. The minimum absolute atomic E-state index is 0.367. The summed E-state index contributed by atoms with van der Waals surface area (Å²) in [5.74, 6) is 0.888. The highest BCUT2D eigenvalue weighted by molar-refractivity contribution is 5.79. The standard InChI is InChI=1S/C27H39N5O/c1-2-28-27(30-21-26(32-14-8-9-15-32)23-10-4-3-5-11-23)29-20-24-12-6-7-13-25(24)22-31-16-18-33-19-17-31/h3-7,10-13,26H,2,8-9,14-22H2,1H3,(H2,28,29,30). The van der Waals surface area contributed by atoms with Crippen molar-refractivity contribution in [1.29, 1.82) is 0 Å². The molecule has 6 heteroatoms. The lowest BCUT2D eigenvalue weighted by Gasteiger charge is -2.29. The summed E-state index contributed by atoms with van der Waals surface area (Å²) >= 11 is 0. The minimum atomic E-state index is 0.367. The zero-order valence-corrected chi connectivity index (χ0v) is 20.0.